The van der Waals surface area contributed by atoms with Gasteiger partial charge in [0, 0.05) is 23.0 Å². The summed E-state index contributed by atoms with van der Waals surface area (Å²) in [6.45, 7) is 0.268. The van der Waals surface area contributed by atoms with Crippen LogP contribution in [0.3, 0.4) is 0 Å². The topological polar surface area (TPSA) is 89.6 Å². The van der Waals surface area contributed by atoms with E-state index in [1.54, 1.807) is 12.5 Å². The molecule has 2 N–H and O–H groups in total. The maximum Gasteiger partial charge on any atom is 0.270 e. The number of amides is 2. The van der Waals surface area contributed by atoms with Crippen molar-refractivity contribution in [2.45, 2.75) is 44.4 Å². The van der Waals surface area contributed by atoms with Crippen molar-refractivity contribution in [2.24, 2.45) is 0 Å². The molecule has 4 rings (SSSR count). The van der Waals surface area contributed by atoms with Gasteiger partial charge in [0.2, 0.25) is 0 Å². The Kier molecular flexibility index (Phi) is 7.57. The highest BCUT2D eigenvalue weighted by atomic mass is 32.1. The predicted molar refractivity (Wildman–Crippen MR) is 127 cm³/mol. The van der Waals surface area contributed by atoms with Crippen LogP contribution in [-0.4, -0.2) is 36.0 Å². The number of nitrogens with zero attached hydrogens (tertiary/aromatic N) is 1. The molecule has 0 atom stereocenters. The van der Waals surface area contributed by atoms with E-state index < -0.39 is 0 Å². The second-order valence-electron chi connectivity index (χ2n) is 7.93. The van der Waals surface area contributed by atoms with Crippen molar-refractivity contribution < 1.29 is 19.1 Å². The summed E-state index contributed by atoms with van der Waals surface area (Å²) in [7, 11) is 1.60. The highest BCUT2D eigenvalue weighted by Crippen LogP contribution is 2.27. The van der Waals surface area contributed by atoms with Gasteiger partial charge < -0.3 is 20.1 Å². The van der Waals surface area contributed by atoms with Gasteiger partial charge in [0.1, 0.15) is 17.3 Å². The van der Waals surface area contributed by atoms with Crippen LogP contribution in [0.4, 0.5) is 0 Å². The average Bonchev–Trinajstić information content (AvgIpc) is 3.34. The van der Waals surface area contributed by atoms with Gasteiger partial charge in [-0.2, -0.15) is 0 Å². The largest absolute Gasteiger partial charge is 0.493 e. The number of carbonyl (C=O) groups is 2. The second kappa shape index (κ2) is 11.0. The molecule has 0 spiro atoms. The van der Waals surface area contributed by atoms with Gasteiger partial charge in [-0.25, -0.2) is 4.98 Å². The molecule has 172 valence electrons. The van der Waals surface area contributed by atoms with Crippen LogP contribution in [0.25, 0.3) is 0 Å². The summed E-state index contributed by atoms with van der Waals surface area (Å²) < 4.78 is 11.1. The van der Waals surface area contributed by atoms with Crippen LogP contribution in [0.1, 0.15) is 51.5 Å². The van der Waals surface area contributed by atoms with E-state index in [1.165, 1.54) is 11.3 Å². The lowest BCUT2D eigenvalue weighted by molar-refractivity contribution is 0.0889. The van der Waals surface area contributed by atoms with Crippen molar-refractivity contribution in [3.8, 4) is 11.5 Å². The molecule has 3 aromatic rings. The molecule has 1 aliphatic carbocycles. The Balaban J connectivity index is 1.22. The second-order valence-corrected chi connectivity index (χ2v) is 8.87. The minimum atomic E-state index is -0.174. The van der Waals surface area contributed by atoms with Gasteiger partial charge in [-0.3, -0.25) is 9.59 Å². The summed E-state index contributed by atoms with van der Waals surface area (Å²) in [5.41, 5.74) is 1.07. The van der Waals surface area contributed by atoms with E-state index in [0.29, 0.717) is 22.8 Å². The van der Waals surface area contributed by atoms with Crippen LogP contribution in [-0.2, 0) is 6.61 Å². The lowest BCUT2D eigenvalue weighted by Crippen LogP contribution is -2.43. The van der Waals surface area contributed by atoms with Crippen LogP contribution in [0.2, 0.25) is 0 Å². The van der Waals surface area contributed by atoms with Gasteiger partial charge in [-0.1, -0.05) is 30.3 Å². The maximum atomic E-state index is 12.6. The molecule has 1 fully saturated rings. The van der Waals surface area contributed by atoms with E-state index >= 15 is 0 Å². The third-order valence-electron chi connectivity index (χ3n) is 5.64. The smallest absolute Gasteiger partial charge is 0.270 e. The molecule has 2 aromatic carbocycles. The minimum absolute atomic E-state index is 0.0478. The number of thiazole rings is 1. The first kappa shape index (κ1) is 22.8. The molecule has 0 saturated heterocycles. The Labute approximate surface area is 197 Å². The first-order chi connectivity index (χ1) is 16.1. The lowest BCUT2D eigenvalue weighted by atomic mass is 9.91. The summed E-state index contributed by atoms with van der Waals surface area (Å²) in [4.78, 5) is 29.4. The molecule has 0 bridgehead atoms. The number of benzene rings is 2. The molecular formula is C25H27N3O4S. The zero-order chi connectivity index (χ0) is 23.0. The maximum absolute atomic E-state index is 12.6. The SMILES string of the molecule is COc1ccccc1OCc1nc(C(=O)NC2CCC(NC(=O)c3ccccc3)CC2)cs1. The van der Waals surface area contributed by atoms with Gasteiger partial charge >= 0.3 is 0 Å². The fourth-order valence-electron chi connectivity index (χ4n) is 3.86. The van der Waals surface area contributed by atoms with Crippen molar-refractivity contribution in [1.82, 2.24) is 15.6 Å². The number of ether oxygens (including phenoxy) is 2. The van der Waals surface area contributed by atoms with E-state index in [1.807, 2.05) is 54.6 Å². The normalized spacial score (nSPS) is 17.7. The number of rotatable bonds is 8. The van der Waals surface area contributed by atoms with Crippen LogP contribution in [0, 0.1) is 0 Å². The Bertz CT molecular complexity index is 1080. The summed E-state index contributed by atoms with van der Waals surface area (Å²) in [6.07, 6.45) is 3.30. The molecule has 0 aliphatic heterocycles. The molecule has 1 heterocycles. The van der Waals surface area contributed by atoms with E-state index in [-0.39, 0.29) is 30.5 Å². The van der Waals surface area contributed by atoms with Crippen LogP contribution in [0.5, 0.6) is 11.5 Å². The average molecular weight is 466 g/mol. The van der Waals surface area contributed by atoms with Crippen molar-refractivity contribution in [3.05, 3.63) is 76.2 Å². The molecule has 2 amide bonds. The van der Waals surface area contributed by atoms with Crippen LogP contribution < -0.4 is 20.1 Å². The van der Waals surface area contributed by atoms with E-state index in [0.717, 1.165) is 30.7 Å². The first-order valence-corrected chi connectivity index (χ1v) is 11.9. The number of hydrogen-bond acceptors (Lipinski definition) is 6. The van der Waals surface area contributed by atoms with Crippen molar-refractivity contribution >= 4 is 23.2 Å². The summed E-state index contributed by atoms with van der Waals surface area (Å²) >= 11 is 1.39. The molecule has 1 aliphatic rings. The lowest BCUT2D eigenvalue weighted by Gasteiger charge is -2.29. The van der Waals surface area contributed by atoms with Gasteiger partial charge in [0.15, 0.2) is 11.5 Å². The van der Waals surface area contributed by atoms with E-state index in [2.05, 4.69) is 15.6 Å². The Morgan fingerprint density at radius 3 is 2.18 bits per heavy atom. The number of nitrogens with one attached hydrogen (secondary N) is 2. The Morgan fingerprint density at radius 1 is 0.909 bits per heavy atom. The van der Waals surface area contributed by atoms with Crippen molar-refractivity contribution in [2.75, 3.05) is 7.11 Å². The van der Waals surface area contributed by atoms with Gasteiger partial charge in [0.25, 0.3) is 11.8 Å². The predicted octanol–water partition coefficient (Wildman–Crippen LogP) is 4.20. The number of para-hydroxylation sites is 2. The van der Waals surface area contributed by atoms with Crippen molar-refractivity contribution in [1.29, 1.82) is 0 Å². The molecule has 1 saturated carbocycles. The zero-order valence-electron chi connectivity index (χ0n) is 18.5. The van der Waals surface area contributed by atoms with Crippen LogP contribution in [0.15, 0.2) is 60.0 Å². The fraction of sp³-hybridized carbons (Fsp3) is 0.320. The molecule has 1 aromatic heterocycles. The molecule has 8 heteroatoms. The molecule has 0 radical (unpaired) electrons. The highest BCUT2D eigenvalue weighted by Gasteiger charge is 2.25. The highest BCUT2D eigenvalue weighted by molar-refractivity contribution is 7.09. The van der Waals surface area contributed by atoms with E-state index in [4.69, 9.17) is 9.47 Å². The molecule has 0 unspecified atom stereocenters. The minimum Gasteiger partial charge on any atom is -0.493 e. The summed E-state index contributed by atoms with van der Waals surface area (Å²) in [5.74, 6) is 1.07. The van der Waals surface area contributed by atoms with Crippen LogP contribution >= 0.6 is 11.3 Å². The molecule has 33 heavy (non-hydrogen) atoms. The molecular weight excluding hydrogens is 438 g/mol. The first-order valence-electron chi connectivity index (χ1n) is 11.0. The third-order valence-corrected chi connectivity index (χ3v) is 6.46. The van der Waals surface area contributed by atoms with E-state index in [9.17, 15) is 9.59 Å². The fourth-order valence-corrected chi connectivity index (χ4v) is 4.54. The summed E-state index contributed by atoms with van der Waals surface area (Å²) in [6, 6.07) is 16.9. The van der Waals surface area contributed by atoms with Gasteiger partial charge in [-0.05, 0) is 49.9 Å². The quantitative estimate of drug-likeness (QED) is 0.520. The van der Waals surface area contributed by atoms with Gasteiger partial charge in [0.05, 0.1) is 7.11 Å². The van der Waals surface area contributed by atoms with Crippen molar-refractivity contribution in [3.63, 3.8) is 0 Å². The zero-order valence-corrected chi connectivity index (χ0v) is 19.3. The number of carbonyl (C=O) groups excluding carboxylic acids is 2. The molecule has 7 nitrogen and oxygen atoms in total. The standard InChI is InChI=1S/C25H27N3O4S/c1-31-21-9-5-6-10-22(21)32-15-23-28-20(16-33-23)25(30)27-19-13-11-18(12-14-19)26-24(29)17-7-3-2-4-8-17/h2-10,16,18-19H,11-15H2,1H3,(H,26,29)(H,27,30). The monoisotopic (exact) mass is 465 g/mol. The van der Waals surface area contributed by atoms with Gasteiger partial charge in [-0.15, -0.1) is 11.3 Å². The number of methoxy groups -OCH3 is 1. The summed E-state index contributed by atoms with van der Waals surface area (Å²) in [5, 5.41) is 8.65. The number of hydrogen-bond donors (Lipinski definition) is 2. The Hall–Kier alpha value is -3.39. The Morgan fingerprint density at radius 2 is 1.52 bits per heavy atom. The third kappa shape index (κ3) is 6.10. The number of aromatic nitrogens is 1.